The molecule has 2 aromatic heterocycles. The van der Waals surface area contributed by atoms with Crippen molar-refractivity contribution in [2.24, 2.45) is 0 Å². The Bertz CT molecular complexity index is 1090. The van der Waals surface area contributed by atoms with E-state index >= 15 is 0 Å². The van der Waals surface area contributed by atoms with Gasteiger partial charge in [-0.1, -0.05) is 12.1 Å². The van der Waals surface area contributed by atoms with Crippen LogP contribution in [0.2, 0.25) is 0 Å². The van der Waals surface area contributed by atoms with E-state index in [1.54, 1.807) is 22.8 Å². The van der Waals surface area contributed by atoms with Gasteiger partial charge in [-0.15, -0.1) is 0 Å². The molecular weight excluding hydrogens is 358 g/mol. The maximum atomic E-state index is 13.3. The van der Waals surface area contributed by atoms with Crippen LogP contribution in [0.5, 0.6) is 0 Å². The van der Waals surface area contributed by atoms with E-state index in [0.29, 0.717) is 23.1 Å². The number of aliphatic hydroxyl groups excluding tert-OH is 1. The number of benzene rings is 2. The molecule has 4 rings (SSSR count). The number of aromatic nitrogens is 4. The zero-order valence-corrected chi connectivity index (χ0v) is 14.1. The molecule has 0 saturated heterocycles. The van der Waals surface area contributed by atoms with Gasteiger partial charge in [0.15, 0.2) is 0 Å². The van der Waals surface area contributed by atoms with Crippen LogP contribution < -0.4 is 0 Å². The molecule has 0 bridgehead atoms. The van der Waals surface area contributed by atoms with Crippen molar-refractivity contribution >= 4 is 28.0 Å². The number of halogens is 2. The number of para-hydroxylation sites is 2. The van der Waals surface area contributed by atoms with Gasteiger partial charge in [-0.25, -0.2) is 18.7 Å². The van der Waals surface area contributed by atoms with Crippen molar-refractivity contribution < 1.29 is 23.8 Å². The number of hydrogen-bond donors (Lipinski definition) is 2. The molecule has 0 saturated carbocycles. The molecule has 0 spiro atoms. The Kier molecular flexibility index (Phi) is 5.41. The highest BCUT2D eigenvalue weighted by Crippen LogP contribution is 2.16. The van der Waals surface area contributed by atoms with Crippen LogP contribution in [0.1, 0.15) is 0 Å². The van der Waals surface area contributed by atoms with Crippen LogP contribution in [-0.4, -0.2) is 41.9 Å². The summed E-state index contributed by atoms with van der Waals surface area (Å²) in [5.41, 5.74) is 1.77. The Hall–Kier alpha value is -3.33. The van der Waals surface area contributed by atoms with E-state index in [2.05, 4.69) is 9.97 Å². The minimum absolute atomic E-state index is 0.0141. The standard InChI is InChI=1S/C9H7FN2O2.C9H9FN2O/c10-6-2-1-3-7-9(6)12(5-11-7)4-8(13)14;10-7-2-1-3-8-9(7)12(4-5-13)6-11-8/h1-3,5H,4H2,(H,13,14);1-3,6,13H,4-5H2. The molecular formula is C18H16F2N4O3. The van der Waals surface area contributed by atoms with Crippen LogP contribution in [0.4, 0.5) is 8.78 Å². The molecule has 140 valence electrons. The number of rotatable bonds is 4. The fourth-order valence-corrected chi connectivity index (χ4v) is 2.71. The zero-order chi connectivity index (χ0) is 19.4. The zero-order valence-electron chi connectivity index (χ0n) is 14.1. The quantitative estimate of drug-likeness (QED) is 0.572. The van der Waals surface area contributed by atoms with E-state index in [4.69, 9.17) is 10.2 Å². The molecule has 2 N–H and O–H groups in total. The van der Waals surface area contributed by atoms with Crippen LogP contribution in [-0.2, 0) is 17.9 Å². The second kappa shape index (κ2) is 7.92. The highest BCUT2D eigenvalue weighted by molar-refractivity contribution is 5.78. The fourth-order valence-electron chi connectivity index (χ4n) is 2.71. The van der Waals surface area contributed by atoms with Crippen molar-refractivity contribution in [1.82, 2.24) is 19.1 Å². The molecule has 0 aliphatic rings. The normalized spacial score (nSPS) is 10.8. The maximum Gasteiger partial charge on any atom is 0.323 e. The summed E-state index contributed by atoms with van der Waals surface area (Å²) in [6.07, 6.45) is 2.85. The van der Waals surface area contributed by atoms with Crippen molar-refractivity contribution in [2.75, 3.05) is 6.61 Å². The maximum absolute atomic E-state index is 13.3. The molecule has 0 fully saturated rings. The number of nitrogens with zero attached hydrogens (tertiary/aromatic N) is 4. The lowest BCUT2D eigenvalue weighted by Gasteiger charge is -2.00. The van der Waals surface area contributed by atoms with Crippen molar-refractivity contribution in [3.8, 4) is 0 Å². The molecule has 0 aliphatic heterocycles. The van der Waals surface area contributed by atoms with E-state index in [9.17, 15) is 13.6 Å². The Morgan fingerprint density at radius 3 is 1.96 bits per heavy atom. The predicted octanol–water partition coefficient (Wildman–Crippen LogP) is 2.43. The van der Waals surface area contributed by atoms with E-state index < -0.39 is 11.8 Å². The molecule has 0 unspecified atom stereocenters. The van der Waals surface area contributed by atoms with Crippen LogP contribution in [0.25, 0.3) is 22.1 Å². The molecule has 4 aromatic rings. The largest absolute Gasteiger partial charge is 0.480 e. The topological polar surface area (TPSA) is 93.2 Å². The van der Waals surface area contributed by atoms with Crippen LogP contribution in [0.3, 0.4) is 0 Å². The highest BCUT2D eigenvalue weighted by Gasteiger charge is 2.09. The molecule has 7 nitrogen and oxygen atoms in total. The Morgan fingerprint density at radius 1 is 0.926 bits per heavy atom. The number of aliphatic hydroxyl groups is 1. The number of fused-ring (bicyclic) bond motifs is 2. The summed E-state index contributed by atoms with van der Waals surface area (Å²) in [6, 6.07) is 9.20. The number of imidazole rings is 2. The van der Waals surface area contributed by atoms with Gasteiger partial charge in [-0.3, -0.25) is 4.79 Å². The van der Waals surface area contributed by atoms with Crippen molar-refractivity contribution in [3.05, 3.63) is 60.7 Å². The average Bonchev–Trinajstić information content (AvgIpc) is 3.22. The molecule has 0 aliphatic carbocycles. The fraction of sp³-hybridized carbons (Fsp3) is 0.167. The van der Waals surface area contributed by atoms with Gasteiger partial charge in [0, 0.05) is 6.54 Å². The van der Waals surface area contributed by atoms with Gasteiger partial charge >= 0.3 is 5.97 Å². The Labute approximate surface area is 152 Å². The smallest absolute Gasteiger partial charge is 0.323 e. The Morgan fingerprint density at radius 2 is 1.44 bits per heavy atom. The first-order valence-electron chi connectivity index (χ1n) is 8.02. The van der Waals surface area contributed by atoms with Gasteiger partial charge in [0.05, 0.1) is 30.3 Å². The van der Waals surface area contributed by atoms with Gasteiger partial charge in [0.1, 0.15) is 29.2 Å². The Balaban J connectivity index is 0.000000156. The minimum atomic E-state index is -1.02. The van der Waals surface area contributed by atoms with Gasteiger partial charge < -0.3 is 19.3 Å². The monoisotopic (exact) mass is 374 g/mol. The van der Waals surface area contributed by atoms with E-state index in [1.165, 1.54) is 35.4 Å². The third kappa shape index (κ3) is 3.93. The predicted molar refractivity (Wildman–Crippen MR) is 94.1 cm³/mol. The first-order chi connectivity index (χ1) is 13.0. The average molecular weight is 374 g/mol. The number of carboxylic acid groups (broad SMARTS) is 1. The van der Waals surface area contributed by atoms with E-state index in [1.807, 2.05) is 0 Å². The molecule has 0 atom stereocenters. The lowest BCUT2D eigenvalue weighted by molar-refractivity contribution is -0.137. The SMILES string of the molecule is O=C(O)Cn1cnc2cccc(F)c21.OCCn1cnc2cccc(F)c21. The summed E-state index contributed by atoms with van der Waals surface area (Å²) < 4.78 is 29.4. The van der Waals surface area contributed by atoms with Gasteiger partial charge in [0.2, 0.25) is 0 Å². The third-order valence-corrected chi connectivity index (χ3v) is 3.82. The number of carboxylic acids is 1. The van der Waals surface area contributed by atoms with Gasteiger partial charge in [-0.2, -0.15) is 0 Å². The molecule has 0 radical (unpaired) electrons. The minimum Gasteiger partial charge on any atom is -0.480 e. The van der Waals surface area contributed by atoms with Crippen molar-refractivity contribution in [3.63, 3.8) is 0 Å². The van der Waals surface area contributed by atoms with Crippen LogP contribution in [0.15, 0.2) is 49.1 Å². The summed E-state index contributed by atoms with van der Waals surface area (Å²) in [5, 5.41) is 17.3. The van der Waals surface area contributed by atoms with Gasteiger partial charge in [0.25, 0.3) is 0 Å². The summed E-state index contributed by atoms with van der Waals surface area (Å²) in [6.45, 7) is 0.0780. The second-order valence-corrected chi connectivity index (χ2v) is 5.64. The summed E-state index contributed by atoms with van der Waals surface area (Å²) in [7, 11) is 0. The number of aliphatic carboxylic acids is 1. The molecule has 2 heterocycles. The first kappa shape index (κ1) is 18.5. The summed E-state index contributed by atoms with van der Waals surface area (Å²) in [5.74, 6) is -1.78. The summed E-state index contributed by atoms with van der Waals surface area (Å²) >= 11 is 0. The lowest BCUT2D eigenvalue weighted by Crippen LogP contribution is -2.07. The molecule has 2 aromatic carbocycles. The summed E-state index contributed by atoms with van der Waals surface area (Å²) in [4.78, 5) is 18.4. The number of hydrogen-bond acceptors (Lipinski definition) is 4. The lowest BCUT2D eigenvalue weighted by atomic mass is 10.3. The van der Waals surface area contributed by atoms with E-state index in [-0.39, 0.29) is 24.5 Å². The highest BCUT2D eigenvalue weighted by atomic mass is 19.1. The van der Waals surface area contributed by atoms with Crippen molar-refractivity contribution in [2.45, 2.75) is 13.1 Å². The molecule has 0 amide bonds. The van der Waals surface area contributed by atoms with Crippen LogP contribution >= 0.6 is 0 Å². The molecule has 27 heavy (non-hydrogen) atoms. The second-order valence-electron chi connectivity index (χ2n) is 5.64. The molecule has 9 heteroatoms. The third-order valence-electron chi connectivity index (χ3n) is 3.82. The first-order valence-corrected chi connectivity index (χ1v) is 8.02. The van der Waals surface area contributed by atoms with Crippen molar-refractivity contribution in [1.29, 1.82) is 0 Å². The number of carbonyl (C=O) groups is 1. The van der Waals surface area contributed by atoms with E-state index in [0.717, 1.165) is 0 Å². The van der Waals surface area contributed by atoms with Gasteiger partial charge in [-0.05, 0) is 24.3 Å². The van der Waals surface area contributed by atoms with Crippen LogP contribution in [0, 0.1) is 11.6 Å².